The molecule has 0 saturated heterocycles. The van der Waals surface area contributed by atoms with Crippen molar-refractivity contribution in [2.45, 2.75) is 33.6 Å². The zero-order chi connectivity index (χ0) is 16.1. The van der Waals surface area contributed by atoms with Gasteiger partial charge in [0.05, 0.1) is 11.3 Å². The molecule has 1 heterocycles. The number of hydrogen-bond acceptors (Lipinski definition) is 3. The van der Waals surface area contributed by atoms with Crippen molar-refractivity contribution in [2.75, 3.05) is 0 Å². The van der Waals surface area contributed by atoms with E-state index in [1.807, 2.05) is 44.2 Å². The lowest BCUT2D eigenvalue weighted by Gasteiger charge is -2.06. The summed E-state index contributed by atoms with van der Waals surface area (Å²) in [6.45, 7) is 6.05. The van der Waals surface area contributed by atoms with Gasteiger partial charge in [-0.15, -0.1) is 11.3 Å². The fourth-order valence-electron chi connectivity index (χ4n) is 2.11. The van der Waals surface area contributed by atoms with Crippen molar-refractivity contribution < 1.29 is 9.59 Å². The van der Waals surface area contributed by atoms with Crippen LogP contribution in [0.1, 0.15) is 38.2 Å². The zero-order valence-electron chi connectivity index (χ0n) is 13.0. The molecule has 0 radical (unpaired) electrons. The topological polar surface area (TPSA) is 58.2 Å². The normalized spacial score (nSPS) is 10.3. The van der Waals surface area contributed by atoms with Crippen LogP contribution in [0.4, 0.5) is 0 Å². The van der Waals surface area contributed by atoms with Crippen molar-refractivity contribution >= 4 is 23.2 Å². The van der Waals surface area contributed by atoms with Crippen LogP contribution < -0.4 is 10.9 Å². The highest BCUT2D eigenvalue weighted by molar-refractivity contribution is 7.14. The van der Waals surface area contributed by atoms with Crippen LogP contribution in [0.3, 0.4) is 0 Å². The van der Waals surface area contributed by atoms with E-state index in [4.69, 9.17) is 0 Å². The molecule has 0 aliphatic heterocycles. The van der Waals surface area contributed by atoms with Gasteiger partial charge in [0.25, 0.3) is 5.91 Å². The highest BCUT2D eigenvalue weighted by atomic mass is 32.1. The molecular formula is C17H20N2O2S. The molecule has 5 heteroatoms. The van der Waals surface area contributed by atoms with E-state index in [1.165, 1.54) is 16.2 Å². The Morgan fingerprint density at radius 1 is 1.09 bits per heavy atom. The van der Waals surface area contributed by atoms with Gasteiger partial charge < -0.3 is 0 Å². The number of rotatable bonds is 4. The lowest BCUT2D eigenvalue weighted by Crippen LogP contribution is -2.42. The summed E-state index contributed by atoms with van der Waals surface area (Å²) in [5.74, 6) is -0.508. The van der Waals surface area contributed by atoms with Gasteiger partial charge in [0, 0.05) is 4.88 Å². The van der Waals surface area contributed by atoms with Crippen LogP contribution in [0, 0.1) is 13.8 Å². The molecule has 1 aromatic heterocycles. The Bertz CT molecular complexity index is 674. The largest absolute Gasteiger partial charge is 0.279 e. The van der Waals surface area contributed by atoms with Crippen molar-refractivity contribution in [1.29, 1.82) is 0 Å². The number of carbonyl (C=O) groups is 2. The summed E-state index contributed by atoms with van der Waals surface area (Å²) in [4.78, 5) is 25.7. The second-order valence-electron chi connectivity index (χ2n) is 5.24. The molecule has 116 valence electrons. The molecule has 0 aliphatic rings. The van der Waals surface area contributed by atoms with Crippen molar-refractivity contribution in [3.8, 4) is 0 Å². The van der Waals surface area contributed by atoms with E-state index in [2.05, 4.69) is 17.8 Å². The summed E-state index contributed by atoms with van der Waals surface area (Å²) >= 11 is 1.46. The maximum absolute atomic E-state index is 12.0. The highest BCUT2D eigenvalue weighted by Gasteiger charge is 2.12. The van der Waals surface area contributed by atoms with Gasteiger partial charge >= 0.3 is 0 Å². The maximum Gasteiger partial charge on any atom is 0.279 e. The van der Waals surface area contributed by atoms with E-state index in [0.717, 1.165) is 23.1 Å². The summed E-state index contributed by atoms with van der Waals surface area (Å²) in [7, 11) is 0. The van der Waals surface area contributed by atoms with E-state index < -0.39 is 0 Å². The first-order valence-corrected chi connectivity index (χ1v) is 8.05. The Labute approximate surface area is 134 Å². The summed E-state index contributed by atoms with van der Waals surface area (Å²) < 4.78 is 0. The fraction of sp³-hybridized carbons (Fsp3) is 0.294. The highest BCUT2D eigenvalue weighted by Crippen LogP contribution is 2.21. The number of hydrogen-bond donors (Lipinski definition) is 2. The van der Waals surface area contributed by atoms with E-state index in [1.54, 1.807) is 0 Å². The Morgan fingerprint density at radius 2 is 1.77 bits per heavy atom. The van der Waals surface area contributed by atoms with Crippen molar-refractivity contribution in [3.05, 3.63) is 56.8 Å². The number of nitrogens with one attached hydrogen (secondary N) is 2. The molecule has 0 unspecified atom stereocenters. The van der Waals surface area contributed by atoms with Crippen LogP contribution in [-0.2, 0) is 17.6 Å². The third kappa shape index (κ3) is 4.18. The maximum atomic E-state index is 12.0. The quantitative estimate of drug-likeness (QED) is 0.852. The molecule has 0 spiro atoms. The number of thiophene rings is 1. The van der Waals surface area contributed by atoms with Crippen molar-refractivity contribution in [1.82, 2.24) is 10.9 Å². The Balaban J connectivity index is 1.87. The fourth-order valence-corrected chi connectivity index (χ4v) is 3.12. The molecule has 0 fully saturated rings. The van der Waals surface area contributed by atoms with E-state index in [9.17, 15) is 9.59 Å². The standard InChI is InChI=1S/C17H20N2O2S/c1-4-14-12(3)9-15(22-14)17(21)19-18-16(20)10-13-7-5-11(2)6-8-13/h5-9H,4,10H2,1-3H3,(H,18,20)(H,19,21). The summed E-state index contributed by atoms with van der Waals surface area (Å²) in [5, 5.41) is 0. The first-order chi connectivity index (χ1) is 10.5. The molecule has 4 nitrogen and oxygen atoms in total. The minimum absolute atomic E-state index is 0.235. The van der Waals surface area contributed by atoms with E-state index >= 15 is 0 Å². The average Bonchev–Trinajstić information content (AvgIpc) is 2.88. The lowest BCUT2D eigenvalue weighted by molar-refractivity contribution is -0.121. The van der Waals surface area contributed by atoms with Gasteiger partial charge in [-0.05, 0) is 37.5 Å². The summed E-state index contributed by atoms with van der Waals surface area (Å²) in [6.07, 6.45) is 1.15. The van der Waals surface area contributed by atoms with Crippen LogP contribution in [-0.4, -0.2) is 11.8 Å². The smallest absolute Gasteiger partial charge is 0.273 e. The van der Waals surface area contributed by atoms with Crippen LogP contribution in [0.2, 0.25) is 0 Å². The number of amides is 2. The van der Waals surface area contributed by atoms with E-state index in [0.29, 0.717) is 4.88 Å². The minimum Gasteiger partial charge on any atom is -0.273 e. The lowest BCUT2D eigenvalue weighted by atomic mass is 10.1. The molecule has 2 aromatic rings. The Kier molecular flexibility index (Phi) is 5.33. The third-order valence-electron chi connectivity index (χ3n) is 3.37. The number of carbonyl (C=O) groups excluding carboxylic acids is 2. The predicted molar refractivity (Wildman–Crippen MR) is 88.9 cm³/mol. The molecule has 2 N–H and O–H groups in total. The third-order valence-corrected chi connectivity index (χ3v) is 4.75. The van der Waals surface area contributed by atoms with Gasteiger partial charge in [0.2, 0.25) is 5.91 Å². The van der Waals surface area contributed by atoms with Gasteiger partial charge in [0.1, 0.15) is 0 Å². The van der Waals surface area contributed by atoms with Crippen LogP contribution >= 0.6 is 11.3 Å². The van der Waals surface area contributed by atoms with Crippen LogP contribution in [0.15, 0.2) is 30.3 Å². The Hall–Kier alpha value is -2.14. The summed E-state index contributed by atoms with van der Waals surface area (Å²) in [5.41, 5.74) is 8.11. The monoisotopic (exact) mass is 316 g/mol. The number of benzene rings is 1. The molecule has 2 rings (SSSR count). The molecule has 1 aromatic carbocycles. The molecule has 0 bridgehead atoms. The molecule has 2 amide bonds. The van der Waals surface area contributed by atoms with Gasteiger partial charge in [0.15, 0.2) is 0 Å². The molecule has 22 heavy (non-hydrogen) atoms. The van der Waals surface area contributed by atoms with Crippen molar-refractivity contribution in [2.24, 2.45) is 0 Å². The van der Waals surface area contributed by atoms with Gasteiger partial charge in [-0.3, -0.25) is 20.4 Å². The first kappa shape index (κ1) is 16.2. The van der Waals surface area contributed by atoms with E-state index in [-0.39, 0.29) is 18.2 Å². The predicted octanol–water partition coefficient (Wildman–Crippen LogP) is 2.93. The Morgan fingerprint density at radius 3 is 2.36 bits per heavy atom. The van der Waals surface area contributed by atoms with Gasteiger partial charge in [-0.1, -0.05) is 36.8 Å². The van der Waals surface area contributed by atoms with Gasteiger partial charge in [-0.2, -0.15) is 0 Å². The number of aryl methyl sites for hydroxylation is 3. The SMILES string of the molecule is CCc1sc(C(=O)NNC(=O)Cc2ccc(C)cc2)cc1C. The summed E-state index contributed by atoms with van der Waals surface area (Å²) in [6, 6.07) is 9.59. The van der Waals surface area contributed by atoms with Crippen LogP contribution in [0.25, 0.3) is 0 Å². The average molecular weight is 316 g/mol. The second kappa shape index (κ2) is 7.22. The second-order valence-corrected chi connectivity index (χ2v) is 6.37. The minimum atomic E-state index is -0.273. The molecule has 0 aliphatic carbocycles. The molecule has 0 saturated carbocycles. The molecular weight excluding hydrogens is 296 g/mol. The molecule has 0 atom stereocenters. The van der Waals surface area contributed by atoms with Crippen LogP contribution in [0.5, 0.6) is 0 Å². The van der Waals surface area contributed by atoms with Gasteiger partial charge in [-0.25, -0.2) is 0 Å². The zero-order valence-corrected chi connectivity index (χ0v) is 13.8. The van der Waals surface area contributed by atoms with Crippen molar-refractivity contribution in [3.63, 3.8) is 0 Å². The first-order valence-electron chi connectivity index (χ1n) is 7.23. The number of hydrazine groups is 1.